The van der Waals surface area contributed by atoms with Crippen LogP contribution in [0.25, 0.3) is 0 Å². The summed E-state index contributed by atoms with van der Waals surface area (Å²) in [5, 5.41) is 0. The van der Waals surface area contributed by atoms with Crippen LogP contribution in [0.5, 0.6) is 0 Å². The fourth-order valence-corrected chi connectivity index (χ4v) is 0.545. The molecule has 1 aliphatic heterocycles. The van der Waals surface area contributed by atoms with Crippen molar-refractivity contribution in [2.75, 3.05) is 0 Å². The van der Waals surface area contributed by atoms with E-state index in [1.165, 1.54) is 0 Å². The van der Waals surface area contributed by atoms with Crippen molar-refractivity contribution in [2.24, 2.45) is 10.7 Å². The van der Waals surface area contributed by atoms with Crippen LogP contribution in [0.3, 0.4) is 0 Å². The van der Waals surface area contributed by atoms with Crippen molar-refractivity contribution in [2.45, 2.75) is 19.4 Å². The zero-order chi connectivity index (χ0) is 6.20. The normalized spacial score (nSPS) is 35.6. The fraction of sp³-hybridized carbons (Fsp3) is 0.500. The summed E-state index contributed by atoms with van der Waals surface area (Å²) in [7, 11) is 0. The molecule has 2 N–H and O–H groups in total. The molecule has 0 fully saturated rings. The standard InChI is InChI=1S/C6H10N2/c1-5-3-8-4-6(5,2)7/h3-4H,7H2,1-2H3. The first-order chi connectivity index (χ1) is 3.63. The minimum absolute atomic E-state index is 0.278. The molecule has 0 radical (unpaired) electrons. The highest BCUT2D eigenvalue weighted by Gasteiger charge is 2.20. The van der Waals surface area contributed by atoms with Gasteiger partial charge in [0.1, 0.15) is 0 Å². The molecule has 0 saturated carbocycles. The van der Waals surface area contributed by atoms with E-state index in [1.54, 1.807) is 12.4 Å². The molecule has 8 heavy (non-hydrogen) atoms. The first kappa shape index (κ1) is 5.51. The topological polar surface area (TPSA) is 38.4 Å². The molecule has 0 aromatic carbocycles. The predicted octanol–water partition coefficient (Wildman–Crippen LogP) is 0.692. The van der Waals surface area contributed by atoms with E-state index in [0.29, 0.717) is 0 Å². The van der Waals surface area contributed by atoms with E-state index in [2.05, 4.69) is 4.99 Å². The van der Waals surface area contributed by atoms with Gasteiger partial charge in [-0.2, -0.15) is 0 Å². The van der Waals surface area contributed by atoms with Crippen molar-refractivity contribution in [1.29, 1.82) is 0 Å². The van der Waals surface area contributed by atoms with Crippen LogP contribution < -0.4 is 5.73 Å². The smallest absolute Gasteiger partial charge is 0.0714 e. The Hall–Kier alpha value is -0.630. The molecule has 0 aromatic heterocycles. The van der Waals surface area contributed by atoms with E-state index in [-0.39, 0.29) is 5.54 Å². The lowest BCUT2D eigenvalue weighted by atomic mass is 9.99. The van der Waals surface area contributed by atoms with Gasteiger partial charge in [0, 0.05) is 12.4 Å². The summed E-state index contributed by atoms with van der Waals surface area (Å²) in [6.07, 6.45) is 3.54. The quantitative estimate of drug-likeness (QED) is 0.489. The Kier molecular flexibility index (Phi) is 0.978. The molecule has 0 aromatic rings. The molecule has 1 atom stereocenters. The summed E-state index contributed by atoms with van der Waals surface area (Å²) in [6, 6.07) is 0. The van der Waals surface area contributed by atoms with Crippen LogP contribution in [-0.4, -0.2) is 11.8 Å². The van der Waals surface area contributed by atoms with Gasteiger partial charge in [-0.15, -0.1) is 0 Å². The van der Waals surface area contributed by atoms with Crippen molar-refractivity contribution >= 4 is 6.21 Å². The average molecular weight is 110 g/mol. The lowest BCUT2D eigenvalue weighted by molar-refractivity contribution is 0.758. The molecule has 0 saturated heterocycles. The molecule has 1 rings (SSSR count). The predicted molar refractivity (Wildman–Crippen MR) is 34.8 cm³/mol. The van der Waals surface area contributed by atoms with Crippen LogP contribution in [0, 0.1) is 0 Å². The summed E-state index contributed by atoms with van der Waals surface area (Å²) in [5.74, 6) is 0. The molecule has 2 nitrogen and oxygen atoms in total. The van der Waals surface area contributed by atoms with Crippen LogP contribution >= 0.6 is 0 Å². The van der Waals surface area contributed by atoms with Crippen LogP contribution in [0.1, 0.15) is 13.8 Å². The summed E-state index contributed by atoms with van der Waals surface area (Å²) in [6.45, 7) is 3.92. The van der Waals surface area contributed by atoms with Crippen LogP contribution in [0.2, 0.25) is 0 Å². The summed E-state index contributed by atoms with van der Waals surface area (Å²) < 4.78 is 0. The molecule has 1 heterocycles. The highest BCUT2D eigenvalue weighted by Crippen LogP contribution is 2.14. The number of aliphatic imine (C=N–C) groups is 1. The SMILES string of the molecule is CC1=CN=CC1(C)N. The molecule has 0 aliphatic carbocycles. The molecule has 1 unspecified atom stereocenters. The van der Waals surface area contributed by atoms with Gasteiger partial charge < -0.3 is 5.73 Å². The summed E-state index contributed by atoms with van der Waals surface area (Å²) in [5.41, 5.74) is 6.55. The summed E-state index contributed by atoms with van der Waals surface area (Å²) in [4.78, 5) is 3.91. The molecule has 1 aliphatic rings. The van der Waals surface area contributed by atoms with Crippen molar-refractivity contribution < 1.29 is 0 Å². The maximum Gasteiger partial charge on any atom is 0.0714 e. The van der Waals surface area contributed by atoms with Gasteiger partial charge in [-0.3, -0.25) is 4.99 Å². The molecule has 2 heteroatoms. The van der Waals surface area contributed by atoms with Crippen molar-refractivity contribution in [3.63, 3.8) is 0 Å². The Morgan fingerprint density at radius 1 is 1.75 bits per heavy atom. The Morgan fingerprint density at radius 3 is 2.50 bits per heavy atom. The van der Waals surface area contributed by atoms with Crippen LogP contribution in [0.15, 0.2) is 16.8 Å². The first-order valence-electron chi connectivity index (χ1n) is 2.63. The average Bonchev–Trinajstić information content (AvgIpc) is 1.86. The monoisotopic (exact) mass is 110 g/mol. The van der Waals surface area contributed by atoms with Gasteiger partial charge in [0.25, 0.3) is 0 Å². The van der Waals surface area contributed by atoms with E-state index in [1.807, 2.05) is 13.8 Å². The molecule has 44 valence electrons. The van der Waals surface area contributed by atoms with Crippen molar-refractivity contribution in [3.05, 3.63) is 11.8 Å². The molecule has 0 amide bonds. The minimum atomic E-state index is -0.278. The minimum Gasteiger partial charge on any atom is -0.317 e. The number of hydrogen-bond donors (Lipinski definition) is 1. The van der Waals surface area contributed by atoms with Gasteiger partial charge in [0.15, 0.2) is 0 Å². The van der Waals surface area contributed by atoms with Gasteiger partial charge in [0.2, 0.25) is 0 Å². The molecular weight excluding hydrogens is 100 g/mol. The van der Waals surface area contributed by atoms with Gasteiger partial charge in [-0.25, -0.2) is 0 Å². The van der Waals surface area contributed by atoms with E-state index >= 15 is 0 Å². The molecule has 0 bridgehead atoms. The van der Waals surface area contributed by atoms with Gasteiger partial charge in [-0.05, 0) is 19.4 Å². The number of rotatable bonds is 0. The first-order valence-corrected chi connectivity index (χ1v) is 2.63. The molecule has 0 spiro atoms. The highest BCUT2D eigenvalue weighted by atomic mass is 14.8. The Bertz CT molecular complexity index is 154. The number of hydrogen-bond acceptors (Lipinski definition) is 2. The van der Waals surface area contributed by atoms with E-state index in [9.17, 15) is 0 Å². The Morgan fingerprint density at radius 2 is 2.38 bits per heavy atom. The van der Waals surface area contributed by atoms with E-state index in [0.717, 1.165) is 5.57 Å². The second-order valence-electron chi connectivity index (χ2n) is 2.37. The third-order valence-electron chi connectivity index (χ3n) is 1.46. The van der Waals surface area contributed by atoms with E-state index < -0.39 is 0 Å². The maximum absolute atomic E-state index is 5.70. The fourth-order valence-electron chi connectivity index (χ4n) is 0.545. The lowest BCUT2D eigenvalue weighted by Gasteiger charge is -2.14. The summed E-state index contributed by atoms with van der Waals surface area (Å²) >= 11 is 0. The maximum atomic E-state index is 5.70. The zero-order valence-corrected chi connectivity index (χ0v) is 5.18. The molecular formula is C6H10N2. The third-order valence-corrected chi connectivity index (χ3v) is 1.46. The van der Waals surface area contributed by atoms with E-state index in [4.69, 9.17) is 5.73 Å². The number of nitrogens with zero attached hydrogens (tertiary/aromatic N) is 1. The number of nitrogens with two attached hydrogens (primary N) is 1. The third kappa shape index (κ3) is 0.670. The second kappa shape index (κ2) is 1.42. The second-order valence-corrected chi connectivity index (χ2v) is 2.37. The zero-order valence-electron chi connectivity index (χ0n) is 5.18. The lowest BCUT2D eigenvalue weighted by Crippen LogP contribution is -2.36. The van der Waals surface area contributed by atoms with Gasteiger partial charge in [-0.1, -0.05) is 0 Å². The van der Waals surface area contributed by atoms with Crippen LogP contribution in [-0.2, 0) is 0 Å². The largest absolute Gasteiger partial charge is 0.317 e. The van der Waals surface area contributed by atoms with Crippen LogP contribution in [0.4, 0.5) is 0 Å². The van der Waals surface area contributed by atoms with Gasteiger partial charge in [0.05, 0.1) is 5.54 Å². The van der Waals surface area contributed by atoms with Gasteiger partial charge >= 0.3 is 0 Å². The van der Waals surface area contributed by atoms with Crippen molar-refractivity contribution in [1.82, 2.24) is 0 Å². The Balaban J connectivity index is 2.87. The highest BCUT2D eigenvalue weighted by molar-refractivity contribution is 5.77. The Labute approximate surface area is 49.1 Å². The van der Waals surface area contributed by atoms with Crippen molar-refractivity contribution in [3.8, 4) is 0 Å².